The first-order chi connectivity index (χ1) is 16.6. The fourth-order valence-corrected chi connectivity index (χ4v) is 6.35. The summed E-state index contributed by atoms with van der Waals surface area (Å²) in [5.74, 6) is 0.757. The van der Waals surface area contributed by atoms with Crippen molar-refractivity contribution in [3.8, 4) is 5.69 Å². The number of amides is 2. The summed E-state index contributed by atoms with van der Waals surface area (Å²) in [5, 5.41) is 10.2. The molecule has 3 heterocycles. The van der Waals surface area contributed by atoms with Gasteiger partial charge in [-0.15, -0.1) is 23.1 Å². The number of hydrogen-bond acceptors (Lipinski definition) is 5. The SMILES string of the molecule is CC[C@@H](C)NC(=O)CN1C(=O)CS[C@@H](c2cccs2)c2c(C(C)(C)C)nn(-c3ccc(C)cc3)c21. The zero-order valence-corrected chi connectivity index (χ0v) is 22.9. The van der Waals surface area contributed by atoms with Crippen molar-refractivity contribution < 1.29 is 9.59 Å². The average Bonchev–Trinajstić information content (AvgIpc) is 3.44. The number of rotatable bonds is 6. The molecule has 1 N–H and O–H groups in total. The Morgan fingerprint density at radius 3 is 2.54 bits per heavy atom. The van der Waals surface area contributed by atoms with Crippen LogP contribution in [0.4, 0.5) is 5.82 Å². The highest BCUT2D eigenvalue weighted by molar-refractivity contribution is 8.00. The molecular weight excluding hydrogens is 476 g/mol. The first-order valence-corrected chi connectivity index (χ1v) is 14.0. The molecule has 1 aliphatic rings. The summed E-state index contributed by atoms with van der Waals surface area (Å²) in [6.45, 7) is 12.5. The molecule has 2 amide bonds. The Bertz CT molecular complexity index is 1190. The van der Waals surface area contributed by atoms with Gasteiger partial charge in [-0.25, -0.2) is 4.68 Å². The van der Waals surface area contributed by atoms with E-state index in [1.165, 1.54) is 4.88 Å². The van der Waals surface area contributed by atoms with Crippen molar-refractivity contribution in [2.75, 3.05) is 17.2 Å². The van der Waals surface area contributed by atoms with Gasteiger partial charge in [0.15, 0.2) is 0 Å². The quantitative estimate of drug-likeness (QED) is 0.467. The van der Waals surface area contributed by atoms with Gasteiger partial charge >= 0.3 is 0 Å². The van der Waals surface area contributed by atoms with E-state index in [9.17, 15) is 9.59 Å². The third-order valence-electron chi connectivity index (χ3n) is 6.20. The van der Waals surface area contributed by atoms with Crippen LogP contribution >= 0.6 is 23.1 Å². The zero-order chi connectivity index (χ0) is 25.3. The van der Waals surface area contributed by atoms with Gasteiger partial charge in [0.05, 0.1) is 22.4 Å². The molecule has 0 aliphatic carbocycles. The molecule has 2 aromatic heterocycles. The van der Waals surface area contributed by atoms with E-state index in [1.54, 1.807) is 28.0 Å². The summed E-state index contributed by atoms with van der Waals surface area (Å²) in [6.07, 6.45) is 0.830. The van der Waals surface area contributed by atoms with Crippen LogP contribution in [0.5, 0.6) is 0 Å². The Hall–Kier alpha value is -2.58. The molecule has 0 spiro atoms. The first-order valence-electron chi connectivity index (χ1n) is 12.0. The van der Waals surface area contributed by atoms with Crippen LogP contribution in [0.1, 0.15) is 68.0 Å². The molecule has 4 rings (SSSR count). The normalized spacial score (nSPS) is 17.1. The van der Waals surface area contributed by atoms with E-state index in [0.717, 1.165) is 28.9 Å². The number of benzene rings is 1. The smallest absolute Gasteiger partial charge is 0.240 e. The molecule has 0 saturated carbocycles. The van der Waals surface area contributed by atoms with E-state index in [2.05, 4.69) is 37.5 Å². The summed E-state index contributed by atoms with van der Waals surface area (Å²) < 4.78 is 1.87. The maximum atomic E-state index is 13.6. The predicted molar refractivity (Wildman–Crippen MR) is 146 cm³/mol. The molecule has 186 valence electrons. The average molecular weight is 511 g/mol. The van der Waals surface area contributed by atoms with Gasteiger partial charge in [-0.2, -0.15) is 5.10 Å². The van der Waals surface area contributed by atoms with E-state index in [4.69, 9.17) is 5.10 Å². The van der Waals surface area contributed by atoms with Crippen LogP contribution in [0, 0.1) is 6.92 Å². The van der Waals surface area contributed by atoms with Gasteiger partial charge in [0.1, 0.15) is 12.4 Å². The Morgan fingerprint density at radius 1 is 1.23 bits per heavy atom. The second-order valence-electron chi connectivity index (χ2n) is 10.1. The third-order valence-corrected chi connectivity index (χ3v) is 8.52. The van der Waals surface area contributed by atoms with Crippen LogP contribution in [0.15, 0.2) is 41.8 Å². The van der Waals surface area contributed by atoms with Crippen LogP contribution < -0.4 is 10.2 Å². The Labute approximate surface area is 216 Å². The lowest BCUT2D eigenvalue weighted by molar-refractivity contribution is -0.123. The summed E-state index contributed by atoms with van der Waals surface area (Å²) in [5.41, 5.74) is 3.73. The number of carbonyl (C=O) groups excluding carboxylic acids is 2. The molecule has 2 atom stereocenters. The van der Waals surface area contributed by atoms with Crippen molar-refractivity contribution in [3.63, 3.8) is 0 Å². The minimum atomic E-state index is -0.256. The number of carbonyl (C=O) groups is 2. The lowest BCUT2D eigenvalue weighted by atomic mass is 9.88. The van der Waals surface area contributed by atoms with Crippen molar-refractivity contribution in [3.05, 3.63) is 63.5 Å². The molecule has 1 aromatic carbocycles. The first kappa shape index (κ1) is 25.5. The van der Waals surface area contributed by atoms with Gasteiger partial charge in [-0.05, 0) is 43.8 Å². The van der Waals surface area contributed by atoms with Gasteiger partial charge in [0.2, 0.25) is 11.8 Å². The van der Waals surface area contributed by atoms with Crippen molar-refractivity contribution in [1.82, 2.24) is 15.1 Å². The minimum absolute atomic E-state index is 0.0327. The summed E-state index contributed by atoms with van der Waals surface area (Å²) in [7, 11) is 0. The fourth-order valence-electron chi connectivity index (χ4n) is 4.17. The number of aryl methyl sites for hydroxylation is 1. The van der Waals surface area contributed by atoms with Crippen LogP contribution in [-0.2, 0) is 15.0 Å². The predicted octanol–water partition coefficient (Wildman–Crippen LogP) is 5.62. The Kier molecular flexibility index (Phi) is 7.43. The number of hydrogen-bond donors (Lipinski definition) is 1. The second-order valence-corrected chi connectivity index (χ2v) is 12.2. The van der Waals surface area contributed by atoms with Crippen LogP contribution in [0.25, 0.3) is 5.69 Å². The van der Waals surface area contributed by atoms with E-state index in [1.807, 2.05) is 55.8 Å². The van der Waals surface area contributed by atoms with E-state index in [0.29, 0.717) is 11.6 Å². The fraction of sp³-hybridized carbons (Fsp3) is 0.444. The molecule has 0 radical (unpaired) electrons. The van der Waals surface area contributed by atoms with Gasteiger partial charge < -0.3 is 5.32 Å². The second kappa shape index (κ2) is 10.2. The number of nitrogens with one attached hydrogen (secondary N) is 1. The number of nitrogens with zero attached hydrogens (tertiary/aromatic N) is 3. The van der Waals surface area contributed by atoms with E-state index >= 15 is 0 Å². The summed E-state index contributed by atoms with van der Waals surface area (Å²) in [4.78, 5) is 29.4. The molecular formula is C27H34N4O2S2. The zero-order valence-electron chi connectivity index (χ0n) is 21.3. The minimum Gasteiger partial charge on any atom is -0.352 e. The number of aromatic nitrogens is 2. The molecule has 3 aromatic rings. The molecule has 35 heavy (non-hydrogen) atoms. The van der Waals surface area contributed by atoms with Gasteiger partial charge in [0.25, 0.3) is 0 Å². The summed E-state index contributed by atoms with van der Waals surface area (Å²) in [6, 6.07) is 12.4. The van der Waals surface area contributed by atoms with E-state index in [-0.39, 0.29) is 35.1 Å². The number of fused-ring (bicyclic) bond motifs is 1. The van der Waals surface area contributed by atoms with Crippen molar-refractivity contribution in [2.45, 2.75) is 64.7 Å². The lowest BCUT2D eigenvalue weighted by Crippen LogP contribution is -2.44. The number of anilines is 1. The van der Waals surface area contributed by atoms with Crippen LogP contribution in [0.3, 0.4) is 0 Å². The van der Waals surface area contributed by atoms with Crippen LogP contribution in [-0.4, -0.2) is 39.9 Å². The molecule has 0 unspecified atom stereocenters. The largest absolute Gasteiger partial charge is 0.352 e. The topological polar surface area (TPSA) is 67.2 Å². The van der Waals surface area contributed by atoms with Gasteiger partial charge in [-0.3, -0.25) is 14.5 Å². The highest BCUT2D eigenvalue weighted by Gasteiger charge is 2.40. The van der Waals surface area contributed by atoms with Crippen LogP contribution in [0.2, 0.25) is 0 Å². The molecule has 6 nitrogen and oxygen atoms in total. The monoisotopic (exact) mass is 510 g/mol. The molecule has 0 bridgehead atoms. The lowest BCUT2D eigenvalue weighted by Gasteiger charge is -2.24. The van der Waals surface area contributed by atoms with E-state index < -0.39 is 0 Å². The summed E-state index contributed by atoms with van der Waals surface area (Å²) >= 11 is 3.31. The highest BCUT2D eigenvalue weighted by Crippen LogP contribution is 2.49. The molecule has 1 aliphatic heterocycles. The Morgan fingerprint density at radius 2 is 1.94 bits per heavy atom. The van der Waals surface area contributed by atoms with Gasteiger partial charge in [0, 0.05) is 21.9 Å². The van der Waals surface area contributed by atoms with Gasteiger partial charge in [-0.1, -0.05) is 51.5 Å². The standard InChI is InChI=1S/C27H34N4O2S2/c1-7-18(3)28-21(32)15-30-22(33)16-35-24(20-9-8-14-34-20)23-25(27(4,5)6)29-31(26(23)30)19-12-10-17(2)11-13-19/h8-14,18,24H,7,15-16H2,1-6H3,(H,28,32)/t18-,24+/m1/s1. The van der Waals surface area contributed by atoms with Crippen molar-refractivity contribution >= 4 is 40.7 Å². The van der Waals surface area contributed by atoms with Crippen molar-refractivity contribution in [1.29, 1.82) is 0 Å². The highest BCUT2D eigenvalue weighted by atomic mass is 32.2. The maximum absolute atomic E-state index is 13.6. The molecule has 0 fully saturated rings. The number of thioether (sulfide) groups is 1. The third kappa shape index (κ3) is 5.33. The molecule has 8 heteroatoms. The van der Waals surface area contributed by atoms with Crippen molar-refractivity contribution in [2.24, 2.45) is 0 Å². The Balaban J connectivity index is 1.95. The number of thiophene rings is 1. The molecule has 0 saturated heterocycles. The maximum Gasteiger partial charge on any atom is 0.240 e.